The third-order valence-electron chi connectivity index (χ3n) is 4.52. The molecule has 3 nitrogen and oxygen atoms in total. The number of nitrogens with two attached hydrogens (primary N) is 1. The SMILES string of the molecule is CC(C)C1CCN(C(=O)Cc2ccccc2CN)CC1. The second-order valence-corrected chi connectivity index (χ2v) is 6.11. The van der Waals surface area contributed by atoms with Gasteiger partial charge in [0, 0.05) is 19.6 Å². The lowest BCUT2D eigenvalue weighted by molar-refractivity contribution is -0.132. The summed E-state index contributed by atoms with van der Waals surface area (Å²) in [5.41, 5.74) is 7.89. The summed E-state index contributed by atoms with van der Waals surface area (Å²) in [6, 6.07) is 7.98. The first-order valence-electron chi connectivity index (χ1n) is 7.66. The second kappa shape index (κ2) is 6.89. The first kappa shape index (κ1) is 15.0. The molecule has 1 aliphatic rings. The van der Waals surface area contributed by atoms with E-state index in [9.17, 15) is 4.79 Å². The average molecular weight is 274 g/mol. The molecule has 0 aliphatic carbocycles. The maximum absolute atomic E-state index is 12.4. The molecular weight excluding hydrogens is 248 g/mol. The van der Waals surface area contributed by atoms with Gasteiger partial charge in [-0.15, -0.1) is 0 Å². The average Bonchev–Trinajstić information content (AvgIpc) is 2.48. The van der Waals surface area contributed by atoms with Gasteiger partial charge in [-0.05, 0) is 35.8 Å². The van der Waals surface area contributed by atoms with E-state index in [0.29, 0.717) is 13.0 Å². The highest BCUT2D eigenvalue weighted by Gasteiger charge is 2.24. The van der Waals surface area contributed by atoms with Crippen molar-refractivity contribution in [1.29, 1.82) is 0 Å². The third-order valence-corrected chi connectivity index (χ3v) is 4.52. The molecule has 1 fully saturated rings. The predicted octanol–water partition coefficient (Wildman–Crippen LogP) is 2.58. The zero-order chi connectivity index (χ0) is 14.5. The molecule has 1 aromatic carbocycles. The molecule has 1 saturated heterocycles. The predicted molar refractivity (Wildman–Crippen MR) is 82.2 cm³/mol. The van der Waals surface area contributed by atoms with Crippen LogP contribution in [0.5, 0.6) is 0 Å². The number of piperidine rings is 1. The van der Waals surface area contributed by atoms with Crippen LogP contribution in [0.4, 0.5) is 0 Å². The number of rotatable bonds is 4. The Bertz CT molecular complexity index is 448. The van der Waals surface area contributed by atoms with Crippen molar-refractivity contribution in [2.24, 2.45) is 17.6 Å². The van der Waals surface area contributed by atoms with Crippen LogP contribution in [0.3, 0.4) is 0 Å². The minimum atomic E-state index is 0.244. The van der Waals surface area contributed by atoms with Gasteiger partial charge in [0.15, 0.2) is 0 Å². The number of carbonyl (C=O) groups excluding carboxylic acids is 1. The van der Waals surface area contributed by atoms with Gasteiger partial charge in [-0.25, -0.2) is 0 Å². The molecule has 0 spiro atoms. The van der Waals surface area contributed by atoms with E-state index in [4.69, 9.17) is 5.73 Å². The quantitative estimate of drug-likeness (QED) is 0.917. The van der Waals surface area contributed by atoms with Gasteiger partial charge in [-0.1, -0.05) is 38.1 Å². The summed E-state index contributed by atoms with van der Waals surface area (Å²) in [5, 5.41) is 0. The van der Waals surface area contributed by atoms with E-state index in [-0.39, 0.29) is 5.91 Å². The maximum Gasteiger partial charge on any atom is 0.227 e. The molecule has 2 rings (SSSR count). The number of benzene rings is 1. The molecule has 0 bridgehead atoms. The Morgan fingerprint density at radius 3 is 2.40 bits per heavy atom. The summed E-state index contributed by atoms with van der Waals surface area (Å²) in [6.45, 7) is 6.87. The van der Waals surface area contributed by atoms with Gasteiger partial charge < -0.3 is 10.6 Å². The topological polar surface area (TPSA) is 46.3 Å². The van der Waals surface area contributed by atoms with Crippen LogP contribution in [-0.4, -0.2) is 23.9 Å². The summed E-state index contributed by atoms with van der Waals surface area (Å²) in [7, 11) is 0. The first-order chi connectivity index (χ1) is 9.61. The van der Waals surface area contributed by atoms with Gasteiger partial charge in [0.25, 0.3) is 0 Å². The molecule has 0 radical (unpaired) electrons. The normalized spacial score (nSPS) is 16.7. The Morgan fingerprint density at radius 1 is 1.25 bits per heavy atom. The summed E-state index contributed by atoms with van der Waals surface area (Å²) in [6.07, 6.45) is 2.77. The lowest BCUT2D eigenvalue weighted by atomic mass is 9.86. The summed E-state index contributed by atoms with van der Waals surface area (Å²) >= 11 is 0. The van der Waals surface area contributed by atoms with Crippen molar-refractivity contribution >= 4 is 5.91 Å². The first-order valence-corrected chi connectivity index (χ1v) is 7.66. The lowest BCUT2D eigenvalue weighted by Gasteiger charge is -2.34. The van der Waals surface area contributed by atoms with Crippen LogP contribution >= 0.6 is 0 Å². The Balaban J connectivity index is 1.93. The van der Waals surface area contributed by atoms with Gasteiger partial charge in [-0.3, -0.25) is 4.79 Å². The van der Waals surface area contributed by atoms with Crippen LogP contribution in [0.15, 0.2) is 24.3 Å². The highest BCUT2D eigenvalue weighted by molar-refractivity contribution is 5.79. The molecule has 2 N–H and O–H groups in total. The molecule has 0 aromatic heterocycles. The van der Waals surface area contributed by atoms with E-state index < -0.39 is 0 Å². The van der Waals surface area contributed by atoms with Gasteiger partial charge in [0.2, 0.25) is 5.91 Å². The maximum atomic E-state index is 12.4. The minimum absolute atomic E-state index is 0.244. The monoisotopic (exact) mass is 274 g/mol. The fourth-order valence-electron chi connectivity index (χ4n) is 3.02. The molecule has 1 aliphatic heterocycles. The summed E-state index contributed by atoms with van der Waals surface area (Å²) in [4.78, 5) is 14.4. The molecule has 3 heteroatoms. The van der Waals surface area contributed by atoms with Gasteiger partial charge in [0.05, 0.1) is 6.42 Å². The Hall–Kier alpha value is -1.35. The van der Waals surface area contributed by atoms with E-state index in [1.165, 1.54) is 0 Å². The highest BCUT2D eigenvalue weighted by atomic mass is 16.2. The van der Waals surface area contributed by atoms with E-state index >= 15 is 0 Å². The smallest absolute Gasteiger partial charge is 0.227 e. The zero-order valence-corrected chi connectivity index (χ0v) is 12.6. The third kappa shape index (κ3) is 3.60. The van der Waals surface area contributed by atoms with E-state index in [2.05, 4.69) is 13.8 Å². The van der Waals surface area contributed by atoms with Gasteiger partial charge in [-0.2, -0.15) is 0 Å². The summed E-state index contributed by atoms with van der Waals surface area (Å²) in [5.74, 6) is 1.74. The standard InChI is InChI=1S/C17H26N2O/c1-13(2)14-7-9-19(10-8-14)17(20)11-15-5-3-4-6-16(15)12-18/h3-6,13-14H,7-12,18H2,1-2H3. The van der Waals surface area contributed by atoms with E-state index in [0.717, 1.165) is 48.9 Å². The van der Waals surface area contributed by atoms with Crippen LogP contribution in [0, 0.1) is 11.8 Å². The molecule has 1 heterocycles. The van der Waals surface area contributed by atoms with Crippen molar-refractivity contribution in [2.75, 3.05) is 13.1 Å². The number of carbonyl (C=O) groups is 1. The van der Waals surface area contributed by atoms with Gasteiger partial charge in [0.1, 0.15) is 0 Å². The molecular formula is C17H26N2O. The van der Waals surface area contributed by atoms with Crippen molar-refractivity contribution in [1.82, 2.24) is 4.90 Å². The number of nitrogens with zero attached hydrogens (tertiary/aromatic N) is 1. The molecule has 0 atom stereocenters. The fraction of sp³-hybridized carbons (Fsp3) is 0.588. The molecule has 110 valence electrons. The zero-order valence-electron chi connectivity index (χ0n) is 12.6. The molecule has 0 saturated carbocycles. The van der Waals surface area contributed by atoms with Crippen LogP contribution < -0.4 is 5.73 Å². The molecule has 0 unspecified atom stereocenters. The number of likely N-dealkylation sites (tertiary alicyclic amines) is 1. The van der Waals surface area contributed by atoms with Crippen molar-refractivity contribution in [3.05, 3.63) is 35.4 Å². The highest BCUT2D eigenvalue weighted by Crippen LogP contribution is 2.24. The van der Waals surface area contributed by atoms with Crippen LogP contribution in [0.1, 0.15) is 37.8 Å². The number of hydrogen-bond donors (Lipinski definition) is 1. The van der Waals surface area contributed by atoms with Crippen LogP contribution in [-0.2, 0) is 17.8 Å². The van der Waals surface area contributed by atoms with Crippen molar-refractivity contribution in [2.45, 2.75) is 39.7 Å². The molecule has 1 amide bonds. The molecule has 20 heavy (non-hydrogen) atoms. The fourth-order valence-corrected chi connectivity index (χ4v) is 3.02. The van der Waals surface area contributed by atoms with Crippen LogP contribution in [0.2, 0.25) is 0 Å². The summed E-state index contributed by atoms with van der Waals surface area (Å²) < 4.78 is 0. The van der Waals surface area contributed by atoms with Crippen molar-refractivity contribution in [3.8, 4) is 0 Å². The second-order valence-electron chi connectivity index (χ2n) is 6.11. The Kier molecular flexibility index (Phi) is 5.18. The van der Waals surface area contributed by atoms with Crippen molar-refractivity contribution in [3.63, 3.8) is 0 Å². The van der Waals surface area contributed by atoms with E-state index in [1.807, 2.05) is 29.2 Å². The van der Waals surface area contributed by atoms with Crippen LogP contribution in [0.25, 0.3) is 0 Å². The van der Waals surface area contributed by atoms with E-state index in [1.54, 1.807) is 0 Å². The lowest BCUT2D eigenvalue weighted by Crippen LogP contribution is -2.40. The largest absolute Gasteiger partial charge is 0.342 e. The Morgan fingerprint density at radius 2 is 1.85 bits per heavy atom. The minimum Gasteiger partial charge on any atom is -0.342 e. The number of amides is 1. The number of hydrogen-bond acceptors (Lipinski definition) is 2. The van der Waals surface area contributed by atoms with Gasteiger partial charge >= 0.3 is 0 Å². The molecule has 1 aromatic rings. The Labute approximate surface area is 122 Å². The van der Waals surface area contributed by atoms with Crippen molar-refractivity contribution < 1.29 is 4.79 Å².